The van der Waals surface area contributed by atoms with Crippen molar-refractivity contribution >= 4 is 17.7 Å². The van der Waals surface area contributed by atoms with E-state index in [0.29, 0.717) is 18.3 Å². The van der Waals surface area contributed by atoms with Crippen LogP contribution in [0, 0.1) is 0 Å². The molecule has 1 aliphatic rings. The number of aromatic hydroxyl groups is 1. The van der Waals surface area contributed by atoms with Crippen LogP contribution in [0.2, 0.25) is 0 Å². The fourth-order valence-corrected chi connectivity index (χ4v) is 3.89. The Hall–Kier alpha value is -1.36. The van der Waals surface area contributed by atoms with Gasteiger partial charge in [-0.1, -0.05) is 19.1 Å². The van der Waals surface area contributed by atoms with Crippen LogP contribution in [0.15, 0.2) is 29.3 Å². The summed E-state index contributed by atoms with van der Waals surface area (Å²) in [6, 6.07) is 7.75. The molecular formula is C17H27N3OS. The van der Waals surface area contributed by atoms with E-state index in [9.17, 15) is 5.11 Å². The number of nitrogens with one attached hydrogen (secondary N) is 2. The normalized spacial score (nSPS) is 21.8. The van der Waals surface area contributed by atoms with Crippen LogP contribution in [0.5, 0.6) is 5.75 Å². The van der Waals surface area contributed by atoms with Crippen molar-refractivity contribution in [2.75, 3.05) is 12.3 Å². The number of aliphatic imine (C=N–C) groups is 1. The minimum absolute atomic E-state index is 0.295. The van der Waals surface area contributed by atoms with Crippen LogP contribution < -0.4 is 10.6 Å². The molecule has 1 fully saturated rings. The average molecular weight is 321 g/mol. The van der Waals surface area contributed by atoms with Gasteiger partial charge in [-0.05, 0) is 49.6 Å². The van der Waals surface area contributed by atoms with E-state index in [2.05, 4.69) is 41.2 Å². The first-order chi connectivity index (χ1) is 10.7. The SMILES string of the molecule is CCNC(=NCc1ccc(O)cc1)NC1CCC(SCC)C1. The Labute approximate surface area is 137 Å². The largest absolute Gasteiger partial charge is 0.508 e. The van der Waals surface area contributed by atoms with Gasteiger partial charge in [-0.25, -0.2) is 4.99 Å². The molecule has 0 bridgehead atoms. The molecule has 3 N–H and O–H groups in total. The number of phenolic OH excluding ortho intramolecular Hbond substituents is 1. The number of rotatable bonds is 6. The van der Waals surface area contributed by atoms with Crippen LogP contribution in [0.25, 0.3) is 0 Å². The van der Waals surface area contributed by atoms with Crippen LogP contribution in [0.1, 0.15) is 38.7 Å². The predicted octanol–water partition coefficient (Wildman–Crippen LogP) is 3.12. The Balaban J connectivity index is 1.89. The molecule has 1 saturated carbocycles. The van der Waals surface area contributed by atoms with E-state index in [1.165, 1.54) is 25.0 Å². The van der Waals surface area contributed by atoms with Gasteiger partial charge in [0.05, 0.1) is 6.54 Å². The molecule has 22 heavy (non-hydrogen) atoms. The molecule has 0 aromatic heterocycles. The summed E-state index contributed by atoms with van der Waals surface area (Å²) in [6.07, 6.45) is 3.75. The second-order valence-electron chi connectivity index (χ2n) is 5.59. The van der Waals surface area contributed by atoms with Gasteiger partial charge in [-0.3, -0.25) is 0 Å². The fraction of sp³-hybridized carbons (Fsp3) is 0.588. The lowest BCUT2D eigenvalue weighted by Gasteiger charge is -2.17. The first kappa shape index (κ1) is 17.0. The number of thioether (sulfide) groups is 1. The van der Waals surface area contributed by atoms with Gasteiger partial charge in [0.25, 0.3) is 0 Å². The van der Waals surface area contributed by atoms with Gasteiger partial charge < -0.3 is 15.7 Å². The minimum Gasteiger partial charge on any atom is -0.508 e. The van der Waals surface area contributed by atoms with Crippen LogP contribution in [-0.2, 0) is 6.54 Å². The number of benzene rings is 1. The van der Waals surface area contributed by atoms with Gasteiger partial charge in [0, 0.05) is 17.8 Å². The molecule has 2 unspecified atom stereocenters. The maximum Gasteiger partial charge on any atom is 0.191 e. The van der Waals surface area contributed by atoms with Crippen molar-refractivity contribution in [2.45, 2.75) is 50.9 Å². The summed E-state index contributed by atoms with van der Waals surface area (Å²) in [4.78, 5) is 4.65. The van der Waals surface area contributed by atoms with Gasteiger partial charge in [0.2, 0.25) is 0 Å². The summed E-state index contributed by atoms with van der Waals surface area (Å²) >= 11 is 2.07. The number of hydrogen-bond acceptors (Lipinski definition) is 3. The van der Waals surface area contributed by atoms with Crippen molar-refractivity contribution in [2.24, 2.45) is 4.99 Å². The molecule has 1 aliphatic carbocycles. The Morgan fingerprint density at radius 3 is 2.73 bits per heavy atom. The third-order valence-corrected chi connectivity index (χ3v) is 5.06. The van der Waals surface area contributed by atoms with Crippen LogP contribution in [-0.4, -0.2) is 34.7 Å². The molecule has 1 aromatic rings. The third-order valence-electron chi connectivity index (χ3n) is 3.83. The zero-order chi connectivity index (χ0) is 15.8. The lowest BCUT2D eigenvalue weighted by molar-refractivity contribution is 0.475. The Bertz CT molecular complexity index is 475. The predicted molar refractivity (Wildman–Crippen MR) is 95.6 cm³/mol. The molecule has 122 valence electrons. The summed E-state index contributed by atoms with van der Waals surface area (Å²) in [5.41, 5.74) is 1.10. The molecule has 0 heterocycles. The van der Waals surface area contributed by atoms with Gasteiger partial charge in [0.15, 0.2) is 5.96 Å². The van der Waals surface area contributed by atoms with E-state index in [4.69, 9.17) is 0 Å². The molecule has 5 heteroatoms. The summed E-state index contributed by atoms with van der Waals surface area (Å²) in [7, 11) is 0. The molecular weight excluding hydrogens is 294 g/mol. The van der Waals surface area contributed by atoms with Crippen LogP contribution in [0.3, 0.4) is 0 Å². The van der Waals surface area contributed by atoms with Crippen molar-refractivity contribution in [3.8, 4) is 5.75 Å². The molecule has 0 saturated heterocycles. The summed E-state index contributed by atoms with van der Waals surface area (Å²) in [5, 5.41) is 17.0. The highest BCUT2D eigenvalue weighted by atomic mass is 32.2. The highest BCUT2D eigenvalue weighted by Gasteiger charge is 2.24. The first-order valence-electron chi connectivity index (χ1n) is 8.15. The zero-order valence-corrected chi connectivity index (χ0v) is 14.3. The van der Waals surface area contributed by atoms with E-state index >= 15 is 0 Å². The molecule has 2 atom stereocenters. The molecule has 4 nitrogen and oxygen atoms in total. The summed E-state index contributed by atoms with van der Waals surface area (Å²) in [5.74, 6) is 2.39. The van der Waals surface area contributed by atoms with Crippen molar-refractivity contribution in [3.63, 3.8) is 0 Å². The third kappa shape index (κ3) is 5.44. The summed E-state index contributed by atoms with van der Waals surface area (Å²) < 4.78 is 0. The molecule has 1 aromatic carbocycles. The second-order valence-corrected chi connectivity index (χ2v) is 7.17. The van der Waals surface area contributed by atoms with Crippen molar-refractivity contribution in [1.29, 1.82) is 0 Å². The Kier molecular flexibility index (Phi) is 6.90. The standard InChI is InChI=1S/C17H27N3OS/c1-3-18-17(19-12-13-5-8-15(21)9-6-13)20-14-7-10-16(11-14)22-4-2/h5-6,8-9,14,16,21H,3-4,7,10-12H2,1-2H3,(H2,18,19,20). The van der Waals surface area contributed by atoms with E-state index in [0.717, 1.165) is 23.3 Å². The second kappa shape index (κ2) is 8.93. The fourth-order valence-electron chi connectivity index (χ4n) is 2.74. The lowest BCUT2D eigenvalue weighted by atomic mass is 10.2. The van der Waals surface area contributed by atoms with Gasteiger partial charge >= 0.3 is 0 Å². The van der Waals surface area contributed by atoms with E-state index in [-0.39, 0.29) is 0 Å². The first-order valence-corrected chi connectivity index (χ1v) is 9.20. The smallest absolute Gasteiger partial charge is 0.191 e. The molecule has 0 radical (unpaired) electrons. The van der Waals surface area contributed by atoms with Gasteiger partial charge in [-0.2, -0.15) is 11.8 Å². The Morgan fingerprint density at radius 1 is 1.27 bits per heavy atom. The van der Waals surface area contributed by atoms with Crippen molar-refractivity contribution in [3.05, 3.63) is 29.8 Å². The van der Waals surface area contributed by atoms with Crippen LogP contribution >= 0.6 is 11.8 Å². The zero-order valence-electron chi connectivity index (χ0n) is 13.5. The van der Waals surface area contributed by atoms with E-state index in [1.54, 1.807) is 12.1 Å². The minimum atomic E-state index is 0.295. The average Bonchev–Trinajstić information content (AvgIpc) is 2.94. The highest BCUT2D eigenvalue weighted by Crippen LogP contribution is 2.29. The maximum atomic E-state index is 9.31. The molecule has 0 aliphatic heterocycles. The lowest BCUT2D eigenvalue weighted by Crippen LogP contribution is -2.42. The molecule has 0 spiro atoms. The monoisotopic (exact) mass is 321 g/mol. The Morgan fingerprint density at radius 2 is 2.05 bits per heavy atom. The molecule has 0 amide bonds. The van der Waals surface area contributed by atoms with E-state index in [1.807, 2.05) is 12.1 Å². The van der Waals surface area contributed by atoms with Crippen molar-refractivity contribution in [1.82, 2.24) is 10.6 Å². The number of phenols is 1. The van der Waals surface area contributed by atoms with Crippen LogP contribution in [0.4, 0.5) is 0 Å². The van der Waals surface area contributed by atoms with Gasteiger partial charge in [0.1, 0.15) is 5.75 Å². The van der Waals surface area contributed by atoms with E-state index < -0.39 is 0 Å². The van der Waals surface area contributed by atoms with Crippen molar-refractivity contribution < 1.29 is 5.11 Å². The quantitative estimate of drug-likeness (QED) is 0.556. The number of nitrogens with zero attached hydrogens (tertiary/aromatic N) is 1. The number of guanidine groups is 1. The highest BCUT2D eigenvalue weighted by molar-refractivity contribution is 7.99. The van der Waals surface area contributed by atoms with Gasteiger partial charge in [-0.15, -0.1) is 0 Å². The maximum absolute atomic E-state index is 9.31. The molecule has 2 rings (SSSR count). The summed E-state index contributed by atoms with van der Waals surface area (Å²) in [6.45, 7) is 5.80. The topological polar surface area (TPSA) is 56.7 Å². The number of hydrogen-bond donors (Lipinski definition) is 3.